The first-order valence-corrected chi connectivity index (χ1v) is 14.1. The van der Waals surface area contributed by atoms with Gasteiger partial charge in [-0.05, 0) is 50.4 Å². The number of aliphatic hydroxyl groups is 2. The molecule has 3 fully saturated rings. The molecule has 5 N–H and O–H groups in total. The molecule has 2 unspecified atom stereocenters. The first kappa shape index (κ1) is 28.1. The van der Waals surface area contributed by atoms with Crippen LogP contribution in [0.5, 0.6) is 0 Å². The van der Waals surface area contributed by atoms with E-state index in [-0.39, 0.29) is 23.4 Å². The minimum Gasteiger partial charge on any atom is -0.449 e. The third kappa shape index (κ3) is 5.99. The van der Waals surface area contributed by atoms with Gasteiger partial charge in [-0.3, -0.25) is 9.36 Å². The molecule has 1 aliphatic carbocycles. The zero-order valence-electron chi connectivity index (χ0n) is 22.7. The summed E-state index contributed by atoms with van der Waals surface area (Å²) in [5.74, 6) is 6.74. The summed E-state index contributed by atoms with van der Waals surface area (Å²) in [7, 11) is 0. The van der Waals surface area contributed by atoms with E-state index in [0.717, 1.165) is 25.7 Å². The van der Waals surface area contributed by atoms with Gasteiger partial charge in [0.05, 0.1) is 12.9 Å². The van der Waals surface area contributed by atoms with Crippen molar-refractivity contribution < 1.29 is 29.3 Å². The molecule has 216 valence electrons. The van der Waals surface area contributed by atoms with Gasteiger partial charge < -0.3 is 35.6 Å². The van der Waals surface area contributed by atoms with Crippen LogP contribution in [-0.2, 0) is 14.3 Å². The highest BCUT2D eigenvalue weighted by Gasteiger charge is 2.47. The number of hydrogen-bond donors (Lipinski definition) is 4. The molecular formula is C27H37N7O6. The normalized spacial score (nSPS) is 25.6. The lowest BCUT2D eigenvalue weighted by Gasteiger charge is -2.30. The predicted molar refractivity (Wildman–Crippen MR) is 143 cm³/mol. The van der Waals surface area contributed by atoms with E-state index in [2.05, 4.69) is 32.1 Å². The molecule has 0 radical (unpaired) electrons. The van der Waals surface area contributed by atoms with Crippen LogP contribution in [-0.4, -0.2) is 91.2 Å². The van der Waals surface area contributed by atoms with E-state index in [0.29, 0.717) is 50.0 Å². The van der Waals surface area contributed by atoms with Crippen LogP contribution in [0.4, 0.5) is 10.6 Å². The number of imidazole rings is 1. The van der Waals surface area contributed by atoms with Crippen molar-refractivity contribution in [1.29, 1.82) is 0 Å². The molecule has 1 saturated carbocycles. The predicted octanol–water partition coefficient (Wildman–Crippen LogP) is 0.944. The number of carbonyl (C=O) groups is 2. The van der Waals surface area contributed by atoms with Gasteiger partial charge >= 0.3 is 6.09 Å². The average Bonchev–Trinajstić information content (AvgIpc) is 3.68. The Hall–Kier alpha value is -3.47. The highest BCUT2D eigenvalue weighted by Crippen LogP contribution is 2.32. The van der Waals surface area contributed by atoms with Crippen LogP contribution in [0, 0.1) is 23.7 Å². The fourth-order valence-electron chi connectivity index (χ4n) is 5.61. The standard InChI is InChI=1S/C27H37N7O6/c1-2-29-25(37)22-20(35)21(36)26(40-22)34-15-30-19-23(28)31-18(32-24(19)34)9-5-8-16-10-12-33(13-11-16)27(38)39-14-17-6-3-4-7-17/h15-17,20-22,26,35-36H,2-4,6-8,10-14H2,1H3,(H,29,37)(H2,28,31,32)/t20?,21?,22-,26+/m0/s1. The fraction of sp³-hybridized carbons (Fsp3) is 0.667. The number of likely N-dealkylation sites (N-methyl/N-ethyl adjacent to an activating group) is 1. The van der Waals surface area contributed by atoms with Gasteiger partial charge in [0.15, 0.2) is 23.8 Å². The molecule has 2 aliphatic heterocycles. The van der Waals surface area contributed by atoms with Crippen LogP contribution < -0.4 is 11.1 Å². The Labute approximate surface area is 232 Å². The summed E-state index contributed by atoms with van der Waals surface area (Å²) in [5, 5.41) is 23.6. The molecule has 0 spiro atoms. The molecule has 4 heterocycles. The Morgan fingerprint density at radius 2 is 1.90 bits per heavy atom. The molecule has 13 heteroatoms. The van der Waals surface area contributed by atoms with E-state index in [4.69, 9.17) is 15.2 Å². The zero-order valence-corrected chi connectivity index (χ0v) is 22.7. The lowest BCUT2D eigenvalue weighted by atomic mass is 9.94. The molecule has 0 bridgehead atoms. The monoisotopic (exact) mass is 555 g/mol. The Balaban J connectivity index is 1.19. The van der Waals surface area contributed by atoms with E-state index in [1.165, 1.54) is 23.7 Å². The number of nitrogens with zero attached hydrogens (tertiary/aromatic N) is 5. The van der Waals surface area contributed by atoms with Crippen LogP contribution in [0.3, 0.4) is 0 Å². The molecule has 2 saturated heterocycles. The fourth-order valence-corrected chi connectivity index (χ4v) is 5.61. The number of piperidine rings is 1. The van der Waals surface area contributed by atoms with Gasteiger partial charge in [-0.2, -0.15) is 0 Å². The largest absolute Gasteiger partial charge is 0.449 e. The molecule has 3 aliphatic rings. The third-order valence-corrected chi connectivity index (χ3v) is 7.95. The number of carbonyl (C=O) groups excluding carboxylic acids is 2. The van der Waals surface area contributed by atoms with Crippen LogP contribution >= 0.6 is 0 Å². The minimum absolute atomic E-state index is 0.116. The number of nitrogen functional groups attached to an aromatic ring is 1. The van der Waals surface area contributed by atoms with Crippen molar-refractivity contribution >= 4 is 29.0 Å². The van der Waals surface area contributed by atoms with Crippen molar-refractivity contribution in [3.63, 3.8) is 0 Å². The van der Waals surface area contributed by atoms with Crippen LogP contribution in [0.15, 0.2) is 6.33 Å². The number of fused-ring (bicyclic) bond motifs is 1. The van der Waals surface area contributed by atoms with E-state index in [1.807, 2.05) is 0 Å². The highest BCUT2D eigenvalue weighted by molar-refractivity contribution is 5.83. The molecule has 2 aromatic heterocycles. The number of rotatable bonds is 6. The summed E-state index contributed by atoms with van der Waals surface area (Å²) in [4.78, 5) is 39.4. The summed E-state index contributed by atoms with van der Waals surface area (Å²) in [6, 6.07) is 0. The Morgan fingerprint density at radius 3 is 2.62 bits per heavy atom. The van der Waals surface area contributed by atoms with E-state index < -0.39 is 30.4 Å². The molecule has 5 rings (SSSR count). The van der Waals surface area contributed by atoms with E-state index >= 15 is 0 Å². The molecule has 0 aromatic carbocycles. The number of aliphatic hydroxyl groups excluding tert-OH is 2. The maximum Gasteiger partial charge on any atom is 0.409 e. The van der Waals surface area contributed by atoms with Crippen LogP contribution in [0.1, 0.15) is 63.9 Å². The Bertz CT molecular complexity index is 1280. The number of ether oxygens (including phenoxy) is 2. The molecule has 4 atom stereocenters. The number of nitrogens with two attached hydrogens (primary N) is 1. The van der Waals surface area contributed by atoms with Crippen molar-refractivity contribution in [3.05, 3.63) is 12.2 Å². The smallest absolute Gasteiger partial charge is 0.409 e. The molecule has 40 heavy (non-hydrogen) atoms. The lowest BCUT2D eigenvalue weighted by molar-refractivity contribution is -0.137. The Kier molecular flexibility index (Phi) is 8.68. The first-order chi connectivity index (χ1) is 19.4. The van der Waals surface area contributed by atoms with Gasteiger partial charge in [0.1, 0.15) is 17.7 Å². The first-order valence-electron chi connectivity index (χ1n) is 14.1. The summed E-state index contributed by atoms with van der Waals surface area (Å²) in [6.07, 6.45) is 3.07. The Morgan fingerprint density at radius 1 is 1.15 bits per heavy atom. The molecule has 2 aromatic rings. The van der Waals surface area contributed by atoms with Crippen molar-refractivity contribution in [1.82, 2.24) is 29.7 Å². The maximum atomic E-state index is 12.4. The van der Waals surface area contributed by atoms with Gasteiger partial charge in [-0.25, -0.2) is 19.7 Å². The van der Waals surface area contributed by atoms with E-state index in [9.17, 15) is 19.8 Å². The summed E-state index contributed by atoms with van der Waals surface area (Å²) in [5.41, 5.74) is 6.68. The van der Waals surface area contributed by atoms with E-state index in [1.54, 1.807) is 11.8 Å². The second-order valence-electron chi connectivity index (χ2n) is 10.7. The highest BCUT2D eigenvalue weighted by atomic mass is 16.6. The van der Waals surface area contributed by atoms with Crippen molar-refractivity contribution in [2.24, 2.45) is 11.8 Å². The number of hydrogen-bond acceptors (Lipinski definition) is 10. The van der Waals surface area contributed by atoms with Gasteiger partial charge in [-0.15, -0.1) is 0 Å². The van der Waals surface area contributed by atoms with Gasteiger partial charge in [-0.1, -0.05) is 18.8 Å². The van der Waals surface area contributed by atoms with Crippen molar-refractivity contribution in [2.75, 3.05) is 32.0 Å². The second-order valence-corrected chi connectivity index (χ2v) is 10.7. The SMILES string of the molecule is CCNC(=O)[C@H]1O[C@@H](n2cnc3c(N)nc(C#CCC4CCN(C(=O)OCC5CCCC5)CC4)nc32)C(O)C1O. The van der Waals surface area contributed by atoms with Gasteiger partial charge in [0.2, 0.25) is 5.82 Å². The molecule has 2 amide bonds. The van der Waals surface area contributed by atoms with Crippen molar-refractivity contribution in [2.45, 2.75) is 76.4 Å². The quantitative estimate of drug-likeness (QED) is 0.375. The number of nitrogens with one attached hydrogen (secondary N) is 1. The number of anilines is 1. The minimum atomic E-state index is -1.42. The topological polar surface area (TPSA) is 178 Å². The molecular weight excluding hydrogens is 518 g/mol. The summed E-state index contributed by atoms with van der Waals surface area (Å²) < 4.78 is 12.7. The number of amides is 2. The maximum absolute atomic E-state index is 12.4. The number of aromatic nitrogens is 4. The lowest BCUT2D eigenvalue weighted by Crippen LogP contribution is -2.42. The summed E-state index contributed by atoms with van der Waals surface area (Å²) >= 11 is 0. The van der Waals surface area contributed by atoms with Crippen molar-refractivity contribution in [3.8, 4) is 11.8 Å². The third-order valence-electron chi connectivity index (χ3n) is 7.95. The zero-order chi connectivity index (χ0) is 28.2. The van der Waals surface area contributed by atoms with Gasteiger partial charge in [0, 0.05) is 26.1 Å². The van der Waals surface area contributed by atoms with Gasteiger partial charge in [0.25, 0.3) is 5.91 Å². The average molecular weight is 556 g/mol. The second kappa shape index (κ2) is 12.4. The van der Waals surface area contributed by atoms with Crippen LogP contribution in [0.2, 0.25) is 0 Å². The molecule has 13 nitrogen and oxygen atoms in total. The summed E-state index contributed by atoms with van der Waals surface area (Å²) in [6.45, 7) is 3.93. The van der Waals surface area contributed by atoms with Crippen LogP contribution in [0.25, 0.3) is 11.2 Å². The number of likely N-dealkylation sites (tertiary alicyclic amines) is 1.